The number of nitrogens with zero attached hydrogens (tertiary/aromatic N) is 2. The van der Waals surface area contributed by atoms with Gasteiger partial charge in [-0.25, -0.2) is 4.39 Å². The molecule has 0 amide bonds. The normalized spacial score (nSPS) is 32.0. The van der Waals surface area contributed by atoms with E-state index in [2.05, 4.69) is 13.8 Å². The van der Waals surface area contributed by atoms with E-state index in [4.69, 9.17) is 10.5 Å². The Bertz CT molecular complexity index is 1080. The average molecular weight is 456 g/mol. The summed E-state index contributed by atoms with van der Waals surface area (Å²) in [7, 11) is 0. The second-order valence-corrected chi connectivity index (χ2v) is 10.3. The lowest BCUT2D eigenvalue weighted by Crippen LogP contribution is -2.47. The molecule has 0 bridgehead atoms. The number of hydrogen-bond acceptors (Lipinski definition) is 3. The van der Waals surface area contributed by atoms with E-state index in [1.54, 1.807) is 13.0 Å². The lowest BCUT2D eigenvalue weighted by molar-refractivity contribution is -0.905. The summed E-state index contributed by atoms with van der Waals surface area (Å²) in [5, 5.41) is 28.3. The van der Waals surface area contributed by atoms with Gasteiger partial charge in [-0.1, -0.05) is 26.3 Å². The molecule has 1 aromatic heterocycles. The Balaban J connectivity index is 0.000000243. The number of aliphatic hydroxyl groups excluding tert-OH is 1. The molecule has 0 aliphatic heterocycles. The molecule has 2 N–H and O–H groups in total. The van der Waals surface area contributed by atoms with Gasteiger partial charge in [-0.3, -0.25) is 5.21 Å². The first kappa shape index (κ1) is 23.6. The maximum Gasteiger partial charge on any atom is 0.258 e. The van der Waals surface area contributed by atoms with Crippen molar-refractivity contribution in [2.24, 2.45) is 23.2 Å². The molecule has 2 saturated carbocycles. The van der Waals surface area contributed by atoms with E-state index in [9.17, 15) is 13.9 Å². The van der Waals surface area contributed by atoms with Crippen molar-refractivity contribution in [2.45, 2.75) is 71.3 Å². The number of pyridine rings is 1. The molecule has 33 heavy (non-hydrogen) atoms. The minimum absolute atomic E-state index is 0.0322. The fourth-order valence-electron chi connectivity index (χ4n) is 6.92. The number of aromatic nitrogens is 1. The summed E-state index contributed by atoms with van der Waals surface area (Å²) in [5.41, 5.74) is 2.68. The first-order valence-corrected chi connectivity index (χ1v) is 12.0. The highest BCUT2D eigenvalue weighted by molar-refractivity contribution is 5.44. The number of aryl methyl sites for hydroxylation is 1. The molecule has 6 atom stereocenters. The number of fused-ring (bicyclic) bond motifs is 5. The molecule has 5 rings (SSSR count). The standard InChI is InChI=1S/C21H26FNO.C6H7FNO/c1-3-12-10-21(2)17(8-9-18(21)24)16-7-6-15-14(19(12)16)5-4-13(11-23)20(15)22;1-5-2-3-8(9)4-6(5)7/h4-5,12,16-19,24H,3,6-10H2,1-2H3;2-4,9H,1H3/q;+1/t12-,16?,17?,18-,19?,21-;/m0./s1. The van der Waals surface area contributed by atoms with E-state index in [0.717, 1.165) is 55.8 Å². The van der Waals surface area contributed by atoms with Crippen molar-refractivity contribution in [2.75, 3.05) is 0 Å². The Hall–Kier alpha value is -2.52. The lowest BCUT2D eigenvalue weighted by atomic mass is 9.51. The Kier molecular flexibility index (Phi) is 6.46. The van der Waals surface area contributed by atoms with Gasteiger partial charge in [0.25, 0.3) is 6.20 Å². The summed E-state index contributed by atoms with van der Waals surface area (Å²) < 4.78 is 27.8. The van der Waals surface area contributed by atoms with E-state index in [-0.39, 0.29) is 22.9 Å². The van der Waals surface area contributed by atoms with Gasteiger partial charge in [-0.05, 0) is 90.9 Å². The van der Waals surface area contributed by atoms with Gasteiger partial charge in [-0.2, -0.15) is 9.65 Å². The number of halogens is 2. The average Bonchev–Trinajstić information content (AvgIpc) is 3.10. The third-order valence-corrected chi connectivity index (χ3v) is 8.66. The predicted octanol–water partition coefficient (Wildman–Crippen LogP) is 5.21. The van der Waals surface area contributed by atoms with Crippen molar-refractivity contribution < 1.29 is 23.8 Å². The number of aliphatic hydroxyl groups is 1. The van der Waals surface area contributed by atoms with Crippen molar-refractivity contribution in [3.63, 3.8) is 0 Å². The molecular formula is C27H33F2N2O2+. The van der Waals surface area contributed by atoms with E-state index in [1.807, 2.05) is 12.1 Å². The van der Waals surface area contributed by atoms with Gasteiger partial charge < -0.3 is 5.11 Å². The van der Waals surface area contributed by atoms with Crippen LogP contribution in [0.5, 0.6) is 0 Å². The van der Waals surface area contributed by atoms with Crippen LogP contribution in [-0.2, 0) is 6.42 Å². The highest BCUT2D eigenvalue weighted by Crippen LogP contribution is 2.63. The van der Waals surface area contributed by atoms with Crippen molar-refractivity contribution in [1.82, 2.24) is 0 Å². The minimum atomic E-state index is -0.403. The maximum absolute atomic E-state index is 14.7. The van der Waals surface area contributed by atoms with Crippen LogP contribution in [0.25, 0.3) is 0 Å². The molecule has 1 aromatic carbocycles. The van der Waals surface area contributed by atoms with E-state index >= 15 is 0 Å². The monoisotopic (exact) mass is 455 g/mol. The third-order valence-electron chi connectivity index (χ3n) is 8.66. The molecule has 0 saturated heterocycles. The molecule has 2 aromatic rings. The molecule has 4 nitrogen and oxygen atoms in total. The SMILES string of the molecule is CC[C@H]1C[C@@]2(C)C(CC[C@@H]2O)C2CCc3c(ccc(C#N)c3F)C21.Cc1cc[n+](O)cc1F. The zero-order chi connectivity index (χ0) is 23.9. The first-order valence-electron chi connectivity index (χ1n) is 12.0. The lowest BCUT2D eigenvalue weighted by Gasteiger charge is -2.53. The van der Waals surface area contributed by atoms with E-state index in [1.165, 1.54) is 12.3 Å². The van der Waals surface area contributed by atoms with Crippen LogP contribution in [0.1, 0.15) is 74.1 Å². The van der Waals surface area contributed by atoms with Crippen LogP contribution >= 0.6 is 0 Å². The summed E-state index contributed by atoms with van der Waals surface area (Å²) in [6.45, 7) is 6.14. The second kappa shape index (κ2) is 9.02. The van der Waals surface area contributed by atoms with E-state index < -0.39 is 5.82 Å². The number of benzene rings is 1. The smallest absolute Gasteiger partial charge is 0.258 e. The Morgan fingerprint density at radius 1 is 1.21 bits per heavy atom. The molecule has 0 spiro atoms. The Labute approximate surface area is 194 Å². The van der Waals surface area contributed by atoms with Crippen LogP contribution in [-0.4, -0.2) is 16.4 Å². The van der Waals surface area contributed by atoms with Gasteiger partial charge in [0.1, 0.15) is 11.9 Å². The van der Waals surface area contributed by atoms with Gasteiger partial charge in [0, 0.05) is 10.8 Å². The molecule has 6 heteroatoms. The molecule has 3 aliphatic carbocycles. The predicted molar refractivity (Wildman–Crippen MR) is 119 cm³/mol. The Morgan fingerprint density at radius 2 is 1.97 bits per heavy atom. The zero-order valence-corrected chi connectivity index (χ0v) is 19.6. The van der Waals surface area contributed by atoms with Crippen molar-refractivity contribution in [1.29, 1.82) is 5.26 Å². The summed E-state index contributed by atoms with van der Waals surface area (Å²) in [4.78, 5) is 0. The number of rotatable bonds is 1. The molecule has 0 radical (unpaired) electrons. The summed E-state index contributed by atoms with van der Waals surface area (Å²) in [6, 6.07) is 7.16. The highest BCUT2D eigenvalue weighted by atomic mass is 19.1. The fraction of sp³-hybridized carbons (Fsp3) is 0.556. The quantitative estimate of drug-likeness (QED) is 0.458. The van der Waals surface area contributed by atoms with Crippen molar-refractivity contribution >= 4 is 0 Å². The Morgan fingerprint density at radius 3 is 2.61 bits per heavy atom. The number of hydrogen-bond donors (Lipinski definition) is 2. The highest BCUT2D eigenvalue weighted by Gasteiger charge is 2.57. The molecule has 176 valence electrons. The third kappa shape index (κ3) is 4.01. The van der Waals surface area contributed by atoms with Crippen LogP contribution in [0.4, 0.5) is 8.78 Å². The van der Waals surface area contributed by atoms with Gasteiger partial charge in [-0.15, -0.1) is 0 Å². The van der Waals surface area contributed by atoms with Gasteiger partial charge in [0.15, 0.2) is 5.82 Å². The van der Waals surface area contributed by atoms with Crippen LogP contribution in [0.3, 0.4) is 0 Å². The zero-order valence-electron chi connectivity index (χ0n) is 19.6. The van der Waals surface area contributed by atoms with Gasteiger partial charge >= 0.3 is 0 Å². The van der Waals surface area contributed by atoms with E-state index in [0.29, 0.717) is 34.0 Å². The van der Waals surface area contributed by atoms with Gasteiger partial charge in [0.05, 0.1) is 11.7 Å². The van der Waals surface area contributed by atoms with Crippen LogP contribution < -0.4 is 4.73 Å². The largest absolute Gasteiger partial charge is 0.393 e. The first-order chi connectivity index (χ1) is 15.7. The second-order valence-electron chi connectivity index (χ2n) is 10.3. The molecule has 2 fully saturated rings. The molecule has 3 unspecified atom stereocenters. The van der Waals surface area contributed by atoms with Gasteiger partial charge in [0.2, 0.25) is 6.20 Å². The van der Waals surface area contributed by atoms with Crippen molar-refractivity contribution in [3.05, 3.63) is 64.5 Å². The van der Waals surface area contributed by atoms with Crippen LogP contribution in [0, 0.1) is 53.1 Å². The summed E-state index contributed by atoms with van der Waals surface area (Å²) >= 11 is 0. The van der Waals surface area contributed by atoms with Crippen LogP contribution in [0.15, 0.2) is 30.6 Å². The van der Waals surface area contributed by atoms with Crippen LogP contribution in [0.2, 0.25) is 0 Å². The fourth-order valence-corrected chi connectivity index (χ4v) is 6.92. The van der Waals surface area contributed by atoms with Crippen molar-refractivity contribution in [3.8, 4) is 6.07 Å². The maximum atomic E-state index is 14.7. The molecule has 1 heterocycles. The summed E-state index contributed by atoms with van der Waals surface area (Å²) in [5.74, 6) is 1.29. The minimum Gasteiger partial charge on any atom is -0.393 e. The number of nitriles is 1. The topological polar surface area (TPSA) is 68.1 Å². The molecule has 3 aliphatic rings. The summed E-state index contributed by atoms with van der Waals surface area (Å²) in [6.07, 6.45) is 8.04. The molecular weight excluding hydrogens is 422 g/mol.